The molecule has 0 radical (unpaired) electrons. The molecule has 0 spiro atoms. The molecule has 0 bridgehead atoms. The van der Waals surface area contributed by atoms with E-state index in [9.17, 15) is 15.3 Å². The SMILES string of the molecule is Oc1c(O)c2cccc(O)n2c1O. The van der Waals surface area contributed by atoms with E-state index in [1.807, 2.05) is 0 Å². The van der Waals surface area contributed by atoms with Crippen LogP contribution in [-0.4, -0.2) is 24.8 Å². The molecule has 0 fully saturated rings. The van der Waals surface area contributed by atoms with E-state index < -0.39 is 17.4 Å². The molecule has 13 heavy (non-hydrogen) atoms. The molecule has 2 heterocycles. The van der Waals surface area contributed by atoms with Crippen molar-refractivity contribution in [1.29, 1.82) is 0 Å². The molecule has 2 aromatic heterocycles. The number of hydrogen-bond acceptors (Lipinski definition) is 4. The average molecular weight is 181 g/mol. The van der Waals surface area contributed by atoms with E-state index in [1.54, 1.807) is 0 Å². The summed E-state index contributed by atoms with van der Waals surface area (Å²) in [6, 6.07) is 4.27. The summed E-state index contributed by atoms with van der Waals surface area (Å²) in [6.07, 6.45) is 0. The van der Waals surface area contributed by atoms with Crippen LogP contribution < -0.4 is 0 Å². The van der Waals surface area contributed by atoms with E-state index >= 15 is 0 Å². The van der Waals surface area contributed by atoms with Crippen molar-refractivity contribution in [3.63, 3.8) is 0 Å². The number of fused-ring (bicyclic) bond motifs is 1. The monoisotopic (exact) mass is 181 g/mol. The quantitative estimate of drug-likeness (QED) is 0.483. The van der Waals surface area contributed by atoms with Gasteiger partial charge in [-0.3, -0.25) is 0 Å². The molecule has 0 amide bonds. The van der Waals surface area contributed by atoms with Crippen LogP contribution in [0.5, 0.6) is 23.3 Å². The summed E-state index contributed by atoms with van der Waals surface area (Å²) in [6.45, 7) is 0. The van der Waals surface area contributed by atoms with Crippen molar-refractivity contribution in [2.45, 2.75) is 0 Å². The van der Waals surface area contributed by atoms with Gasteiger partial charge in [0.1, 0.15) is 0 Å². The molecule has 0 saturated heterocycles. The fourth-order valence-corrected chi connectivity index (χ4v) is 1.24. The molecule has 5 nitrogen and oxygen atoms in total. The van der Waals surface area contributed by atoms with Crippen LogP contribution in [0.15, 0.2) is 18.2 Å². The molecule has 2 rings (SSSR count). The molecule has 0 aliphatic carbocycles. The van der Waals surface area contributed by atoms with E-state index in [0.29, 0.717) is 0 Å². The second kappa shape index (κ2) is 2.22. The maximum Gasteiger partial charge on any atom is 0.246 e. The zero-order valence-electron chi connectivity index (χ0n) is 6.47. The minimum atomic E-state index is -0.638. The fraction of sp³-hybridized carbons (Fsp3) is 0. The lowest BCUT2D eigenvalue weighted by Crippen LogP contribution is -1.82. The molecule has 0 atom stereocenters. The van der Waals surface area contributed by atoms with Gasteiger partial charge in [-0.15, -0.1) is 0 Å². The van der Waals surface area contributed by atoms with E-state index in [0.717, 1.165) is 4.40 Å². The van der Waals surface area contributed by atoms with E-state index in [4.69, 9.17) is 5.11 Å². The third-order valence-corrected chi connectivity index (χ3v) is 1.86. The average Bonchev–Trinajstić information content (AvgIpc) is 2.33. The summed E-state index contributed by atoms with van der Waals surface area (Å²) in [7, 11) is 0. The van der Waals surface area contributed by atoms with Crippen LogP contribution in [0, 0.1) is 0 Å². The Hall–Kier alpha value is -2.04. The highest BCUT2D eigenvalue weighted by atomic mass is 16.3. The second-order valence-electron chi connectivity index (χ2n) is 2.63. The highest BCUT2D eigenvalue weighted by molar-refractivity contribution is 5.72. The van der Waals surface area contributed by atoms with Gasteiger partial charge in [0.15, 0.2) is 11.6 Å². The molecule has 5 heteroatoms. The normalized spacial score (nSPS) is 10.8. The van der Waals surface area contributed by atoms with Gasteiger partial charge in [-0.1, -0.05) is 6.07 Å². The number of nitrogens with zero attached hydrogens (tertiary/aromatic N) is 1. The first-order valence-electron chi connectivity index (χ1n) is 3.56. The minimum Gasteiger partial charge on any atom is -0.503 e. The van der Waals surface area contributed by atoms with Crippen molar-refractivity contribution < 1.29 is 20.4 Å². The summed E-state index contributed by atoms with van der Waals surface area (Å²) < 4.78 is 0.935. The topological polar surface area (TPSA) is 85.3 Å². The smallest absolute Gasteiger partial charge is 0.246 e. The summed E-state index contributed by atoms with van der Waals surface area (Å²) in [5.41, 5.74) is 0.148. The summed E-state index contributed by atoms with van der Waals surface area (Å²) in [4.78, 5) is 0. The Bertz CT molecular complexity index is 474. The van der Waals surface area contributed by atoms with Gasteiger partial charge in [-0.05, 0) is 12.1 Å². The van der Waals surface area contributed by atoms with Crippen molar-refractivity contribution in [2.75, 3.05) is 0 Å². The van der Waals surface area contributed by atoms with Gasteiger partial charge in [0.25, 0.3) is 0 Å². The van der Waals surface area contributed by atoms with Gasteiger partial charge in [-0.25, -0.2) is 4.40 Å². The van der Waals surface area contributed by atoms with Crippen LogP contribution in [0.25, 0.3) is 5.52 Å². The molecule has 2 aromatic rings. The largest absolute Gasteiger partial charge is 0.503 e. The Labute approximate surface area is 72.7 Å². The Balaban J connectivity index is 3.03. The molecular weight excluding hydrogens is 174 g/mol. The van der Waals surface area contributed by atoms with Crippen LogP contribution in [0.2, 0.25) is 0 Å². The Kier molecular flexibility index (Phi) is 1.30. The predicted molar refractivity (Wildman–Crippen MR) is 44.1 cm³/mol. The number of aromatic nitrogens is 1. The maximum atomic E-state index is 9.27. The lowest BCUT2D eigenvalue weighted by atomic mass is 10.4. The Morgan fingerprint density at radius 2 is 1.62 bits per heavy atom. The molecule has 0 aromatic carbocycles. The van der Waals surface area contributed by atoms with Crippen LogP contribution in [0.1, 0.15) is 0 Å². The van der Waals surface area contributed by atoms with Gasteiger partial charge < -0.3 is 20.4 Å². The maximum absolute atomic E-state index is 9.27. The third kappa shape index (κ3) is 0.807. The highest BCUT2D eigenvalue weighted by Crippen LogP contribution is 2.42. The van der Waals surface area contributed by atoms with Gasteiger partial charge in [0.2, 0.25) is 11.6 Å². The van der Waals surface area contributed by atoms with E-state index in [1.165, 1.54) is 18.2 Å². The van der Waals surface area contributed by atoms with Crippen molar-refractivity contribution in [1.82, 2.24) is 4.40 Å². The van der Waals surface area contributed by atoms with Crippen LogP contribution in [-0.2, 0) is 0 Å². The lowest BCUT2D eigenvalue weighted by molar-refractivity contribution is 0.360. The molecule has 68 valence electrons. The van der Waals surface area contributed by atoms with Gasteiger partial charge in [-0.2, -0.15) is 0 Å². The first-order chi connectivity index (χ1) is 6.13. The molecular formula is C8H7NO4. The molecule has 0 saturated carbocycles. The third-order valence-electron chi connectivity index (χ3n) is 1.86. The number of hydrogen-bond donors (Lipinski definition) is 4. The summed E-state index contributed by atoms with van der Waals surface area (Å²) in [5.74, 6) is -1.92. The van der Waals surface area contributed by atoms with Crippen LogP contribution >= 0.6 is 0 Å². The van der Waals surface area contributed by atoms with Crippen molar-refractivity contribution >= 4 is 5.52 Å². The first kappa shape index (κ1) is 7.60. The highest BCUT2D eigenvalue weighted by Gasteiger charge is 2.17. The van der Waals surface area contributed by atoms with Gasteiger partial charge in [0, 0.05) is 0 Å². The Morgan fingerprint density at radius 3 is 2.23 bits per heavy atom. The second-order valence-corrected chi connectivity index (χ2v) is 2.63. The van der Waals surface area contributed by atoms with Crippen molar-refractivity contribution in [3.8, 4) is 23.3 Å². The number of pyridine rings is 1. The van der Waals surface area contributed by atoms with Crippen LogP contribution in [0.3, 0.4) is 0 Å². The zero-order valence-corrected chi connectivity index (χ0v) is 6.47. The van der Waals surface area contributed by atoms with Gasteiger partial charge in [0.05, 0.1) is 5.52 Å². The lowest BCUT2D eigenvalue weighted by Gasteiger charge is -1.98. The minimum absolute atomic E-state index is 0.148. The zero-order chi connectivity index (χ0) is 9.59. The van der Waals surface area contributed by atoms with Crippen LogP contribution in [0.4, 0.5) is 0 Å². The molecule has 4 N–H and O–H groups in total. The molecule has 0 aliphatic heterocycles. The number of aromatic hydroxyl groups is 4. The molecule has 0 unspecified atom stereocenters. The molecule has 0 aliphatic rings. The standard InChI is InChI=1S/C8H7NO4/c10-5-3-1-2-4-6(11)7(12)8(13)9(4)5/h1-3,10-13H. The first-order valence-corrected chi connectivity index (χ1v) is 3.56. The fourth-order valence-electron chi connectivity index (χ4n) is 1.24. The van der Waals surface area contributed by atoms with Crippen molar-refractivity contribution in [2.24, 2.45) is 0 Å². The van der Waals surface area contributed by atoms with E-state index in [2.05, 4.69) is 0 Å². The summed E-state index contributed by atoms with van der Waals surface area (Å²) in [5, 5.41) is 36.9. The predicted octanol–water partition coefficient (Wildman–Crippen LogP) is 0.762. The Morgan fingerprint density at radius 1 is 0.923 bits per heavy atom. The van der Waals surface area contributed by atoms with E-state index in [-0.39, 0.29) is 11.4 Å². The van der Waals surface area contributed by atoms with Gasteiger partial charge >= 0.3 is 0 Å². The van der Waals surface area contributed by atoms with Crippen molar-refractivity contribution in [3.05, 3.63) is 18.2 Å². The summed E-state index contributed by atoms with van der Waals surface area (Å²) >= 11 is 0. The number of rotatable bonds is 0.